The molecule has 0 saturated carbocycles. The summed E-state index contributed by atoms with van der Waals surface area (Å²) >= 11 is 0.681. The predicted molar refractivity (Wildman–Crippen MR) is 129 cm³/mol. The number of amides is 2. The Morgan fingerprint density at radius 2 is 1.86 bits per heavy atom. The van der Waals surface area contributed by atoms with Crippen LogP contribution in [0.25, 0.3) is 0 Å². The summed E-state index contributed by atoms with van der Waals surface area (Å²) in [5, 5.41) is 27.6. The number of hydrogen-bond acceptors (Lipinski definition) is 7. The van der Waals surface area contributed by atoms with Crippen LogP contribution in [0.15, 0.2) is 12.1 Å². The van der Waals surface area contributed by atoms with Crippen LogP contribution in [-0.2, 0) is 6.61 Å². The minimum Gasteiger partial charge on any atom is -0.477 e. The molecule has 5 N–H and O–H groups in total. The van der Waals surface area contributed by atoms with E-state index in [9.17, 15) is 28.6 Å². The van der Waals surface area contributed by atoms with Gasteiger partial charge in [-0.2, -0.15) is 4.37 Å². The Morgan fingerprint density at radius 3 is 2.49 bits per heavy atom. The summed E-state index contributed by atoms with van der Waals surface area (Å²) in [7, 11) is 0. The number of carbonyl (C=O) groups is 2. The summed E-state index contributed by atoms with van der Waals surface area (Å²) < 4.78 is 37.2. The van der Waals surface area contributed by atoms with E-state index in [-0.39, 0.29) is 16.4 Å². The summed E-state index contributed by atoms with van der Waals surface area (Å²) in [6, 6.07) is 1.66. The van der Waals surface area contributed by atoms with Crippen LogP contribution in [0.2, 0.25) is 0 Å². The molecule has 1 unspecified atom stereocenters. The standard InChI is InChI=1S/C23H32F2N4O5S/c1-13(2)10-26-11-15(30)6-4-5-7-27-23(33)28-21-19(22(31)32)20(29-35-21)34-12-16-17(24)8-14(3)9-18(16)25/h8-9,13,15,26,30H,4-7,10-12H2,1-3H3,(H,31,32)(H2,27,28,33). The molecule has 0 spiro atoms. The lowest BCUT2D eigenvalue weighted by atomic mass is 10.1. The van der Waals surface area contributed by atoms with Crippen molar-refractivity contribution in [2.24, 2.45) is 5.92 Å². The minimum atomic E-state index is -1.41. The Kier molecular flexibility index (Phi) is 11.3. The van der Waals surface area contributed by atoms with E-state index in [1.165, 1.54) is 0 Å². The van der Waals surface area contributed by atoms with Crippen LogP contribution in [0.1, 0.15) is 54.6 Å². The first-order chi connectivity index (χ1) is 16.6. The number of carboxylic acids is 1. The number of ether oxygens (including phenoxy) is 1. The third-order valence-electron chi connectivity index (χ3n) is 4.92. The van der Waals surface area contributed by atoms with Gasteiger partial charge in [0.2, 0.25) is 5.88 Å². The Hall–Kier alpha value is -2.83. The van der Waals surface area contributed by atoms with Crippen LogP contribution in [0.3, 0.4) is 0 Å². The van der Waals surface area contributed by atoms with Crippen LogP contribution < -0.4 is 20.7 Å². The van der Waals surface area contributed by atoms with Crippen molar-refractivity contribution in [2.75, 3.05) is 25.0 Å². The van der Waals surface area contributed by atoms with E-state index in [2.05, 4.69) is 34.2 Å². The molecule has 1 heterocycles. The number of benzene rings is 1. The van der Waals surface area contributed by atoms with Crippen molar-refractivity contribution >= 4 is 28.5 Å². The quantitative estimate of drug-likeness (QED) is 0.242. The first-order valence-corrected chi connectivity index (χ1v) is 12.1. The zero-order chi connectivity index (χ0) is 26.0. The second kappa shape index (κ2) is 13.9. The highest BCUT2D eigenvalue weighted by atomic mass is 32.1. The second-order valence-electron chi connectivity index (χ2n) is 8.58. The molecule has 9 nitrogen and oxygen atoms in total. The van der Waals surface area contributed by atoms with Gasteiger partial charge in [0, 0.05) is 13.1 Å². The van der Waals surface area contributed by atoms with Gasteiger partial charge in [0.1, 0.15) is 23.2 Å². The molecular weight excluding hydrogens is 482 g/mol. The van der Waals surface area contributed by atoms with Gasteiger partial charge >= 0.3 is 12.0 Å². The molecule has 0 aliphatic carbocycles. The number of carboxylic acid groups (broad SMARTS) is 1. The number of carbonyl (C=O) groups excluding carboxylic acids is 1. The van der Waals surface area contributed by atoms with Crippen molar-refractivity contribution in [3.8, 4) is 5.88 Å². The number of nitrogens with one attached hydrogen (secondary N) is 3. The number of aliphatic hydroxyl groups is 1. The fourth-order valence-electron chi connectivity index (χ4n) is 3.15. The van der Waals surface area contributed by atoms with E-state index in [1.807, 2.05) is 0 Å². The number of aryl methyl sites for hydroxylation is 1. The fraction of sp³-hybridized carbons (Fsp3) is 0.522. The Morgan fingerprint density at radius 1 is 1.17 bits per heavy atom. The lowest BCUT2D eigenvalue weighted by molar-refractivity contribution is 0.0693. The van der Waals surface area contributed by atoms with Gasteiger partial charge in [-0.25, -0.2) is 18.4 Å². The van der Waals surface area contributed by atoms with Gasteiger partial charge in [0.05, 0.1) is 11.7 Å². The molecule has 0 fully saturated rings. The zero-order valence-electron chi connectivity index (χ0n) is 20.0. The minimum absolute atomic E-state index is 0.0681. The maximum atomic E-state index is 14.0. The molecule has 0 aliphatic heterocycles. The number of hydrogen-bond donors (Lipinski definition) is 5. The van der Waals surface area contributed by atoms with Crippen molar-refractivity contribution in [1.29, 1.82) is 0 Å². The van der Waals surface area contributed by atoms with Crippen LogP contribution >= 0.6 is 11.5 Å². The summed E-state index contributed by atoms with van der Waals surface area (Å²) in [5.74, 6) is -2.88. The normalized spacial score (nSPS) is 12.0. The second-order valence-corrected chi connectivity index (χ2v) is 9.35. The molecule has 1 aromatic carbocycles. The monoisotopic (exact) mass is 514 g/mol. The summed E-state index contributed by atoms with van der Waals surface area (Å²) in [6.45, 7) is 6.83. The van der Waals surface area contributed by atoms with Gasteiger partial charge in [0.15, 0.2) is 5.56 Å². The SMILES string of the molecule is Cc1cc(F)c(COc2nsc(NC(=O)NCCCCC(O)CNCC(C)C)c2C(=O)O)c(F)c1. The van der Waals surface area contributed by atoms with E-state index < -0.39 is 41.9 Å². The molecule has 2 aromatic rings. The largest absolute Gasteiger partial charge is 0.477 e. The summed E-state index contributed by atoms with van der Waals surface area (Å²) in [4.78, 5) is 23.9. The molecule has 12 heteroatoms. The highest BCUT2D eigenvalue weighted by Gasteiger charge is 2.24. The third kappa shape index (κ3) is 9.38. The highest BCUT2D eigenvalue weighted by molar-refractivity contribution is 7.11. The van der Waals surface area contributed by atoms with Crippen molar-refractivity contribution in [3.63, 3.8) is 0 Å². The summed E-state index contributed by atoms with van der Waals surface area (Å²) in [5.41, 5.74) is -0.362. The number of rotatable bonds is 14. The lowest BCUT2D eigenvalue weighted by Crippen LogP contribution is -2.31. The molecule has 0 bridgehead atoms. The molecule has 0 aliphatic rings. The maximum Gasteiger partial charge on any atom is 0.344 e. The molecular formula is C23H32F2N4O5S. The van der Waals surface area contributed by atoms with Crippen LogP contribution in [0.4, 0.5) is 18.6 Å². The van der Waals surface area contributed by atoms with E-state index in [0.717, 1.165) is 18.7 Å². The lowest BCUT2D eigenvalue weighted by Gasteiger charge is -2.13. The fourth-order valence-corrected chi connectivity index (χ4v) is 3.87. The third-order valence-corrected chi connectivity index (χ3v) is 5.67. The van der Waals surface area contributed by atoms with Crippen LogP contribution in [0.5, 0.6) is 5.88 Å². The number of aromatic carboxylic acids is 1. The highest BCUT2D eigenvalue weighted by Crippen LogP contribution is 2.31. The van der Waals surface area contributed by atoms with E-state index in [0.29, 0.717) is 55.4 Å². The number of nitrogens with zero attached hydrogens (tertiary/aromatic N) is 1. The molecule has 2 amide bonds. The average molecular weight is 515 g/mol. The van der Waals surface area contributed by atoms with Crippen LogP contribution in [0, 0.1) is 24.5 Å². The molecule has 1 atom stereocenters. The number of aliphatic hydroxyl groups excluding tert-OH is 1. The number of unbranched alkanes of at least 4 members (excludes halogenated alkanes) is 1. The average Bonchev–Trinajstić information content (AvgIpc) is 3.15. The number of aromatic nitrogens is 1. The number of halogens is 2. The zero-order valence-corrected chi connectivity index (χ0v) is 20.8. The molecule has 0 saturated heterocycles. The van der Waals surface area contributed by atoms with Gasteiger partial charge in [0.25, 0.3) is 0 Å². The van der Waals surface area contributed by atoms with Gasteiger partial charge in [-0.1, -0.05) is 13.8 Å². The van der Waals surface area contributed by atoms with Crippen molar-refractivity contribution in [1.82, 2.24) is 15.0 Å². The van der Waals surface area contributed by atoms with E-state index >= 15 is 0 Å². The topological polar surface area (TPSA) is 133 Å². The Bertz CT molecular complexity index is 979. The van der Waals surface area contributed by atoms with Gasteiger partial charge in [-0.15, -0.1) is 0 Å². The maximum absolute atomic E-state index is 14.0. The van der Waals surface area contributed by atoms with Crippen molar-refractivity contribution in [2.45, 2.75) is 52.7 Å². The molecule has 0 radical (unpaired) electrons. The molecule has 35 heavy (non-hydrogen) atoms. The Balaban J connectivity index is 1.82. The van der Waals surface area contributed by atoms with Gasteiger partial charge < -0.3 is 25.6 Å². The number of urea groups is 1. The van der Waals surface area contributed by atoms with E-state index in [4.69, 9.17) is 4.74 Å². The Labute approximate surface area is 207 Å². The summed E-state index contributed by atoms with van der Waals surface area (Å²) in [6.07, 6.45) is 1.47. The first-order valence-electron chi connectivity index (χ1n) is 11.3. The molecule has 2 rings (SSSR count). The smallest absolute Gasteiger partial charge is 0.344 e. The van der Waals surface area contributed by atoms with Crippen molar-refractivity contribution < 1.29 is 33.3 Å². The van der Waals surface area contributed by atoms with Gasteiger partial charge in [-0.3, -0.25) is 5.32 Å². The predicted octanol–water partition coefficient (Wildman–Crippen LogP) is 3.91. The van der Waals surface area contributed by atoms with Crippen molar-refractivity contribution in [3.05, 3.63) is 40.5 Å². The van der Waals surface area contributed by atoms with Crippen LogP contribution in [-0.4, -0.2) is 52.3 Å². The van der Waals surface area contributed by atoms with E-state index in [1.54, 1.807) is 6.92 Å². The molecule has 194 valence electrons. The van der Waals surface area contributed by atoms with Gasteiger partial charge in [-0.05, 0) is 67.9 Å². The number of anilines is 1. The molecule has 1 aromatic heterocycles. The first kappa shape index (κ1) is 28.4.